The second kappa shape index (κ2) is 16.1. The lowest BCUT2D eigenvalue weighted by molar-refractivity contribution is -0.0506. The molecule has 2 aliphatic rings. The van der Waals surface area contributed by atoms with Gasteiger partial charge in [-0.15, -0.1) is 12.4 Å². The summed E-state index contributed by atoms with van der Waals surface area (Å²) in [6.45, 7) is -2.40. The number of halogens is 7. The van der Waals surface area contributed by atoms with E-state index in [-0.39, 0.29) is 48.4 Å². The minimum Gasteiger partial charge on any atom is -0.462 e. The number of nitrogens with one attached hydrogen (secondary N) is 1. The molecule has 15 heteroatoms. The summed E-state index contributed by atoms with van der Waals surface area (Å²) in [5, 5.41) is 7.28. The molecule has 0 amide bonds. The maximum absolute atomic E-state index is 14.6. The molecule has 0 radical (unpaired) electrons. The Labute approximate surface area is 273 Å². The molecule has 0 aliphatic carbocycles. The Morgan fingerprint density at radius 1 is 0.936 bits per heavy atom. The smallest absolute Gasteiger partial charge is 0.387 e. The van der Waals surface area contributed by atoms with E-state index in [4.69, 9.17) is 4.74 Å². The minimum atomic E-state index is -2.98. The van der Waals surface area contributed by atoms with E-state index >= 15 is 0 Å². The van der Waals surface area contributed by atoms with Gasteiger partial charge in [-0.25, -0.2) is 18.1 Å². The molecular formula is C32H33ClF6N4O4. The molecule has 2 atom stereocenters. The number of hydrogen-bond acceptors (Lipinski definition) is 7. The van der Waals surface area contributed by atoms with Gasteiger partial charge in [0.25, 0.3) is 0 Å². The van der Waals surface area contributed by atoms with Crippen molar-refractivity contribution < 1.29 is 45.3 Å². The average molecular weight is 687 g/mol. The Morgan fingerprint density at radius 2 is 1.60 bits per heavy atom. The predicted molar refractivity (Wildman–Crippen MR) is 164 cm³/mol. The third kappa shape index (κ3) is 8.60. The SMILES string of the molecule is CCOC(=O)c1cnn2ccc(N3CCC[C@@H]3c3cc(OC(F)F)ccc3F)cc12.Cl.Fc1ccc(OC(F)F)cc1[C@H]1CCCN1. The van der Waals surface area contributed by atoms with Gasteiger partial charge in [0.15, 0.2) is 0 Å². The molecule has 2 fully saturated rings. The molecule has 6 rings (SSSR count). The second-order valence-corrected chi connectivity index (χ2v) is 10.6. The van der Waals surface area contributed by atoms with E-state index in [1.807, 2.05) is 11.0 Å². The molecule has 8 nitrogen and oxygen atoms in total. The molecule has 0 spiro atoms. The summed E-state index contributed by atoms with van der Waals surface area (Å²) in [5.41, 5.74) is 2.38. The van der Waals surface area contributed by atoms with Crippen LogP contribution in [0.25, 0.3) is 5.52 Å². The van der Waals surface area contributed by atoms with Gasteiger partial charge in [0.2, 0.25) is 0 Å². The number of anilines is 1. The van der Waals surface area contributed by atoms with Crippen molar-refractivity contribution in [2.45, 2.75) is 57.9 Å². The summed E-state index contributed by atoms with van der Waals surface area (Å²) in [5.74, 6) is -1.41. The van der Waals surface area contributed by atoms with E-state index in [1.165, 1.54) is 30.5 Å². The number of esters is 1. The van der Waals surface area contributed by atoms with E-state index in [2.05, 4.69) is 19.9 Å². The Hall–Kier alpha value is -4.17. The van der Waals surface area contributed by atoms with Crippen molar-refractivity contribution in [1.29, 1.82) is 0 Å². The first kappa shape index (κ1) is 35.7. The number of carbonyl (C=O) groups excluding carboxylic acids is 1. The van der Waals surface area contributed by atoms with Crippen molar-refractivity contribution in [2.75, 3.05) is 24.6 Å². The summed E-state index contributed by atoms with van der Waals surface area (Å²) < 4.78 is 92.5. The number of alkyl halides is 4. The highest BCUT2D eigenvalue weighted by Gasteiger charge is 2.30. The lowest BCUT2D eigenvalue weighted by atomic mass is 10.0. The number of ether oxygens (including phenoxy) is 3. The van der Waals surface area contributed by atoms with Crippen LogP contribution in [0.4, 0.5) is 32.0 Å². The predicted octanol–water partition coefficient (Wildman–Crippen LogP) is 7.87. The van der Waals surface area contributed by atoms with Crippen LogP contribution in [0.5, 0.6) is 11.5 Å². The first-order chi connectivity index (χ1) is 22.1. The van der Waals surface area contributed by atoms with Crippen LogP contribution in [0.2, 0.25) is 0 Å². The maximum Gasteiger partial charge on any atom is 0.387 e. The van der Waals surface area contributed by atoms with Gasteiger partial charge in [0.1, 0.15) is 28.7 Å². The zero-order valence-electron chi connectivity index (χ0n) is 25.2. The molecule has 254 valence electrons. The molecule has 4 heterocycles. The Bertz CT molecular complexity index is 1650. The van der Waals surface area contributed by atoms with Crippen LogP contribution in [-0.4, -0.2) is 48.5 Å². The van der Waals surface area contributed by atoms with Crippen molar-refractivity contribution in [3.8, 4) is 11.5 Å². The minimum absolute atomic E-state index is 0. The van der Waals surface area contributed by atoms with Crippen molar-refractivity contribution in [1.82, 2.24) is 14.9 Å². The molecule has 0 saturated carbocycles. The third-order valence-electron chi connectivity index (χ3n) is 7.76. The quantitative estimate of drug-likeness (QED) is 0.142. The van der Waals surface area contributed by atoms with E-state index < -0.39 is 25.0 Å². The normalized spacial score (nSPS) is 17.4. The van der Waals surface area contributed by atoms with Crippen molar-refractivity contribution in [3.05, 3.63) is 89.2 Å². The van der Waals surface area contributed by atoms with Gasteiger partial charge in [-0.1, -0.05) is 0 Å². The number of aromatic nitrogens is 2. The van der Waals surface area contributed by atoms with Crippen molar-refractivity contribution >= 4 is 29.6 Å². The van der Waals surface area contributed by atoms with Gasteiger partial charge in [-0.05, 0) is 87.7 Å². The Kier molecular flexibility index (Phi) is 12.2. The summed E-state index contributed by atoms with van der Waals surface area (Å²) in [6.07, 6.45) is 6.40. The lowest BCUT2D eigenvalue weighted by Crippen LogP contribution is -2.23. The monoisotopic (exact) mass is 686 g/mol. The van der Waals surface area contributed by atoms with E-state index in [0.717, 1.165) is 43.6 Å². The molecule has 47 heavy (non-hydrogen) atoms. The van der Waals surface area contributed by atoms with E-state index in [9.17, 15) is 31.1 Å². The van der Waals surface area contributed by atoms with Crippen LogP contribution in [0.1, 0.15) is 66.2 Å². The third-order valence-corrected chi connectivity index (χ3v) is 7.76. The van der Waals surface area contributed by atoms with Crippen LogP contribution in [0.15, 0.2) is 60.9 Å². The number of nitrogens with zero attached hydrogens (tertiary/aromatic N) is 3. The Balaban J connectivity index is 0.000000249. The van der Waals surface area contributed by atoms with Gasteiger partial charge in [-0.3, -0.25) is 0 Å². The van der Waals surface area contributed by atoms with Crippen LogP contribution in [0.3, 0.4) is 0 Å². The molecule has 0 bridgehead atoms. The first-order valence-corrected chi connectivity index (χ1v) is 14.8. The molecule has 4 aromatic rings. The molecule has 0 unspecified atom stereocenters. The fourth-order valence-electron chi connectivity index (χ4n) is 5.78. The second-order valence-electron chi connectivity index (χ2n) is 10.6. The largest absolute Gasteiger partial charge is 0.462 e. The van der Waals surface area contributed by atoms with E-state index in [0.29, 0.717) is 35.2 Å². The number of pyridine rings is 1. The van der Waals surface area contributed by atoms with Gasteiger partial charge >= 0.3 is 19.2 Å². The van der Waals surface area contributed by atoms with Crippen LogP contribution < -0.4 is 19.7 Å². The topological polar surface area (TPSA) is 77.3 Å². The highest BCUT2D eigenvalue weighted by atomic mass is 35.5. The van der Waals surface area contributed by atoms with Gasteiger partial charge in [0.05, 0.1) is 24.4 Å². The highest BCUT2D eigenvalue weighted by Crippen LogP contribution is 2.39. The number of hydrogen-bond donors (Lipinski definition) is 1. The fraction of sp³-hybridized carbons (Fsp3) is 0.375. The van der Waals surface area contributed by atoms with Gasteiger partial charge in [0, 0.05) is 35.6 Å². The first-order valence-electron chi connectivity index (χ1n) is 14.8. The molecule has 2 aromatic heterocycles. The standard InChI is InChI=1S/C21H20F3N3O3.C11H12F3NO.ClH/c1-2-29-20(28)16-12-25-27-9-7-13(10-19(16)27)26-8-3-4-18(26)15-11-14(30-21(23)24)5-6-17(15)22;12-9-4-3-7(16-11(13)14)6-8(9)10-2-1-5-15-10;/h5-7,9-12,18,21H,2-4,8H2,1H3;3-4,6,10-11,15H,1-2,5H2;1H/t18-;10-;/m11./s1. The molecule has 2 aromatic carbocycles. The van der Waals surface area contributed by atoms with Crippen LogP contribution in [-0.2, 0) is 4.74 Å². The van der Waals surface area contributed by atoms with Gasteiger partial charge in [-0.2, -0.15) is 22.7 Å². The summed E-state index contributed by atoms with van der Waals surface area (Å²) in [7, 11) is 0. The summed E-state index contributed by atoms with van der Waals surface area (Å²) in [6, 6.07) is 10.5. The van der Waals surface area contributed by atoms with Crippen LogP contribution >= 0.6 is 12.4 Å². The molecule has 2 saturated heterocycles. The molecule has 1 N–H and O–H groups in total. The lowest BCUT2D eigenvalue weighted by Gasteiger charge is -2.28. The zero-order valence-corrected chi connectivity index (χ0v) is 26.0. The summed E-state index contributed by atoms with van der Waals surface area (Å²) in [4.78, 5) is 14.2. The maximum atomic E-state index is 14.6. The number of carbonyl (C=O) groups is 1. The van der Waals surface area contributed by atoms with E-state index in [1.54, 1.807) is 23.7 Å². The number of benzene rings is 2. The van der Waals surface area contributed by atoms with Crippen molar-refractivity contribution in [3.63, 3.8) is 0 Å². The summed E-state index contributed by atoms with van der Waals surface area (Å²) >= 11 is 0. The number of fused-ring (bicyclic) bond motifs is 1. The van der Waals surface area contributed by atoms with Gasteiger partial charge < -0.3 is 24.4 Å². The molecule has 2 aliphatic heterocycles. The van der Waals surface area contributed by atoms with Crippen LogP contribution in [0, 0.1) is 11.6 Å². The zero-order chi connectivity index (χ0) is 32.8. The van der Waals surface area contributed by atoms with Crippen molar-refractivity contribution in [2.24, 2.45) is 0 Å². The number of rotatable bonds is 9. The Morgan fingerprint density at radius 3 is 2.21 bits per heavy atom. The fourth-order valence-corrected chi connectivity index (χ4v) is 5.78. The average Bonchev–Trinajstić information content (AvgIpc) is 3.80. The molecular weight excluding hydrogens is 654 g/mol. The highest BCUT2D eigenvalue weighted by molar-refractivity contribution is 5.97.